The molecule has 1 aliphatic rings. The average Bonchev–Trinajstić information content (AvgIpc) is 3.31. The summed E-state index contributed by atoms with van der Waals surface area (Å²) in [7, 11) is 0. The molecule has 1 saturated heterocycles. The molecule has 0 bridgehead atoms. The van der Waals surface area contributed by atoms with Crippen molar-refractivity contribution in [2.75, 3.05) is 36.8 Å². The van der Waals surface area contributed by atoms with Crippen LogP contribution in [0.4, 0.5) is 11.5 Å². The number of nitrogens with two attached hydrogens (primary N) is 1. The van der Waals surface area contributed by atoms with Crippen molar-refractivity contribution in [3.8, 4) is 11.3 Å². The standard InChI is InChI=1S/C23H26N6O/c24-22-17-26-21(16-27-22)18-6-8-19(9-7-18)23(30)29(20-5-3-10-25-15-20)14-4-13-28-11-1-2-12-28/h3,5-10,15-17H,1-2,4,11-14H2,(H2,24,27). The average molecular weight is 403 g/mol. The Balaban J connectivity index is 1.49. The van der Waals surface area contributed by atoms with Crippen molar-refractivity contribution >= 4 is 17.4 Å². The van der Waals surface area contributed by atoms with E-state index in [0.29, 0.717) is 17.9 Å². The Morgan fingerprint density at radius 1 is 1.03 bits per heavy atom. The Bertz CT molecular complexity index is 953. The zero-order chi connectivity index (χ0) is 20.8. The van der Waals surface area contributed by atoms with Crippen molar-refractivity contribution in [2.45, 2.75) is 19.3 Å². The molecule has 0 radical (unpaired) electrons. The number of pyridine rings is 1. The van der Waals surface area contributed by atoms with Crippen molar-refractivity contribution in [3.05, 3.63) is 66.7 Å². The lowest BCUT2D eigenvalue weighted by atomic mass is 10.1. The van der Waals surface area contributed by atoms with Crippen LogP contribution in [0, 0.1) is 0 Å². The molecule has 0 aliphatic carbocycles. The third kappa shape index (κ3) is 4.80. The van der Waals surface area contributed by atoms with Gasteiger partial charge < -0.3 is 15.5 Å². The number of benzene rings is 1. The topological polar surface area (TPSA) is 88.2 Å². The highest BCUT2D eigenvalue weighted by atomic mass is 16.2. The predicted molar refractivity (Wildman–Crippen MR) is 118 cm³/mol. The first kappa shape index (κ1) is 20.0. The van der Waals surface area contributed by atoms with Crippen LogP contribution in [0.3, 0.4) is 0 Å². The van der Waals surface area contributed by atoms with E-state index in [9.17, 15) is 4.79 Å². The molecule has 0 saturated carbocycles. The van der Waals surface area contributed by atoms with Crippen LogP contribution in [0.15, 0.2) is 61.2 Å². The van der Waals surface area contributed by atoms with Crippen molar-refractivity contribution < 1.29 is 4.79 Å². The maximum Gasteiger partial charge on any atom is 0.258 e. The van der Waals surface area contributed by atoms with Crippen LogP contribution in [0.5, 0.6) is 0 Å². The van der Waals surface area contributed by atoms with Gasteiger partial charge >= 0.3 is 0 Å². The van der Waals surface area contributed by atoms with Gasteiger partial charge in [0, 0.05) is 23.9 Å². The number of anilines is 2. The molecule has 30 heavy (non-hydrogen) atoms. The molecule has 1 amide bonds. The van der Waals surface area contributed by atoms with Crippen molar-refractivity contribution in [2.24, 2.45) is 0 Å². The zero-order valence-electron chi connectivity index (χ0n) is 16.9. The lowest BCUT2D eigenvalue weighted by molar-refractivity contribution is 0.0986. The molecule has 7 heteroatoms. The maximum absolute atomic E-state index is 13.3. The molecule has 0 unspecified atom stereocenters. The third-order valence-corrected chi connectivity index (χ3v) is 5.36. The number of hydrogen-bond acceptors (Lipinski definition) is 6. The molecule has 2 N–H and O–H groups in total. The smallest absolute Gasteiger partial charge is 0.258 e. The van der Waals surface area contributed by atoms with Crippen molar-refractivity contribution in [3.63, 3.8) is 0 Å². The van der Waals surface area contributed by atoms with E-state index >= 15 is 0 Å². The second-order valence-corrected chi connectivity index (χ2v) is 7.47. The van der Waals surface area contributed by atoms with Gasteiger partial charge in [0.15, 0.2) is 0 Å². The number of amides is 1. The minimum atomic E-state index is -0.0284. The molecule has 0 spiro atoms. The molecule has 1 aromatic carbocycles. The minimum absolute atomic E-state index is 0.0284. The predicted octanol–water partition coefficient (Wildman–Crippen LogP) is 3.25. The largest absolute Gasteiger partial charge is 0.382 e. The van der Waals surface area contributed by atoms with Crippen LogP contribution in [-0.2, 0) is 0 Å². The first-order chi connectivity index (χ1) is 14.7. The molecule has 7 nitrogen and oxygen atoms in total. The summed E-state index contributed by atoms with van der Waals surface area (Å²) in [5.41, 5.74) is 8.66. The van der Waals surface area contributed by atoms with Gasteiger partial charge in [-0.3, -0.25) is 14.8 Å². The Hall–Kier alpha value is -3.32. The lowest BCUT2D eigenvalue weighted by Crippen LogP contribution is -2.34. The Morgan fingerprint density at radius 3 is 2.50 bits per heavy atom. The monoisotopic (exact) mass is 402 g/mol. The number of rotatable bonds is 7. The first-order valence-electron chi connectivity index (χ1n) is 10.3. The Kier molecular flexibility index (Phi) is 6.29. The van der Waals surface area contributed by atoms with Crippen molar-refractivity contribution in [1.82, 2.24) is 19.9 Å². The van der Waals surface area contributed by atoms with Gasteiger partial charge in [-0.25, -0.2) is 4.98 Å². The van der Waals surface area contributed by atoms with Gasteiger partial charge in [0.1, 0.15) is 5.82 Å². The van der Waals surface area contributed by atoms with Crippen LogP contribution in [0.25, 0.3) is 11.3 Å². The number of hydrogen-bond donors (Lipinski definition) is 1. The molecule has 3 aromatic rings. The number of nitrogen functional groups attached to an aromatic ring is 1. The van der Waals surface area contributed by atoms with Gasteiger partial charge in [-0.05, 0) is 63.2 Å². The summed E-state index contributed by atoms with van der Waals surface area (Å²) in [6.07, 6.45) is 10.1. The first-order valence-corrected chi connectivity index (χ1v) is 10.3. The van der Waals surface area contributed by atoms with E-state index in [4.69, 9.17) is 5.73 Å². The lowest BCUT2D eigenvalue weighted by Gasteiger charge is -2.24. The van der Waals surface area contributed by atoms with Crippen LogP contribution >= 0.6 is 0 Å². The minimum Gasteiger partial charge on any atom is -0.382 e. The Labute approximate surface area is 176 Å². The number of nitrogens with zero attached hydrogens (tertiary/aromatic N) is 5. The number of likely N-dealkylation sites (tertiary alicyclic amines) is 1. The summed E-state index contributed by atoms with van der Waals surface area (Å²) in [5, 5.41) is 0. The van der Waals surface area contributed by atoms with Crippen LogP contribution in [0.2, 0.25) is 0 Å². The fourth-order valence-corrected chi connectivity index (χ4v) is 3.75. The second-order valence-electron chi connectivity index (χ2n) is 7.47. The molecule has 0 atom stereocenters. The highest BCUT2D eigenvalue weighted by Gasteiger charge is 2.19. The van der Waals surface area contributed by atoms with Gasteiger partial charge in [-0.1, -0.05) is 12.1 Å². The molecule has 2 aromatic heterocycles. The van der Waals surface area contributed by atoms with Gasteiger partial charge in [-0.15, -0.1) is 0 Å². The quantitative estimate of drug-likeness (QED) is 0.653. The van der Waals surface area contributed by atoms with E-state index < -0.39 is 0 Å². The number of aromatic nitrogens is 3. The normalized spacial score (nSPS) is 14.0. The second kappa shape index (κ2) is 9.45. The summed E-state index contributed by atoms with van der Waals surface area (Å²) in [4.78, 5) is 30.2. The SMILES string of the molecule is Nc1cnc(-c2ccc(C(=O)N(CCCN3CCCC3)c3cccnc3)cc2)cn1. The zero-order valence-corrected chi connectivity index (χ0v) is 16.9. The molecule has 1 fully saturated rings. The van der Waals surface area contributed by atoms with Crippen LogP contribution in [-0.4, -0.2) is 51.9 Å². The van der Waals surface area contributed by atoms with E-state index in [-0.39, 0.29) is 5.91 Å². The highest BCUT2D eigenvalue weighted by molar-refractivity contribution is 6.06. The van der Waals surface area contributed by atoms with Gasteiger partial charge in [-0.2, -0.15) is 0 Å². The fourth-order valence-electron chi connectivity index (χ4n) is 3.75. The molecule has 1 aliphatic heterocycles. The summed E-state index contributed by atoms with van der Waals surface area (Å²) >= 11 is 0. The van der Waals surface area contributed by atoms with Gasteiger partial charge in [0.2, 0.25) is 0 Å². The maximum atomic E-state index is 13.3. The van der Waals surface area contributed by atoms with E-state index in [0.717, 1.165) is 43.0 Å². The van der Waals surface area contributed by atoms with Crippen molar-refractivity contribution in [1.29, 1.82) is 0 Å². The molecule has 154 valence electrons. The van der Waals surface area contributed by atoms with Crippen LogP contribution in [0.1, 0.15) is 29.6 Å². The van der Waals surface area contributed by atoms with Gasteiger partial charge in [0.05, 0.1) is 30.0 Å². The number of carbonyl (C=O) groups is 1. The molecular formula is C23H26N6O. The fraction of sp³-hybridized carbons (Fsp3) is 0.304. The third-order valence-electron chi connectivity index (χ3n) is 5.36. The summed E-state index contributed by atoms with van der Waals surface area (Å²) < 4.78 is 0. The molecular weight excluding hydrogens is 376 g/mol. The molecule has 3 heterocycles. The van der Waals surface area contributed by atoms with Gasteiger partial charge in [0.25, 0.3) is 5.91 Å². The summed E-state index contributed by atoms with van der Waals surface area (Å²) in [5.74, 6) is 0.353. The van der Waals surface area contributed by atoms with E-state index in [1.54, 1.807) is 18.6 Å². The highest BCUT2D eigenvalue weighted by Crippen LogP contribution is 2.21. The summed E-state index contributed by atoms with van der Waals surface area (Å²) in [6, 6.07) is 11.2. The van der Waals surface area contributed by atoms with E-state index in [1.165, 1.54) is 19.0 Å². The van der Waals surface area contributed by atoms with E-state index in [1.807, 2.05) is 41.3 Å². The Morgan fingerprint density at radius 2 is 1.83 bits per heavy atom. The summed E-state index contributed by atoms with van der Waals surface area (Å²) in [6.45, 7) is 4.00. The number of carbonyl (C=O) groups excluding carboxylic acids is 1. The van der Waals surface area contributed by atoms with E-state index in [2.05, 4.69) is 19.9 Å². The molecule has 4 rings (SSSR count). The van der Waals surface area contributed by atoms with Crippen LogP contribution < -0.4 is 10.6 Å².